The molecule has 0 N–H and O–H groups in total. The highest BCUT2D eigenvalue weighted by Gasteiger charge is 2.51. The van der Waals surface area contributed by atoms with Crippen LogP contribution in [0.2, 0.25) is 5.02 Å². The van der Waals surface area contributed by atoms with Crippen LogP contribution in [-0.2, 0) is 40.0 Å². The van der Waals surface area contributed by atoms with E-state index in [1.807, 2.05) is 12.1 Å². The quantitative estimate of drug-likeness (QED) is 0.280. The van der Waals surface area contributed by atoms with Crippen molar-refractivity contribution in [2.45, 2.75) is 56.9 Å². The minimum atomic E-state index is -0.909. The van der Waals surface area contributed by atoms with Gasteiger partial charge in [-0.25, -0.2) is 0 Å². The molecule has 2 fully saturated rings. The Kier molecular flexibility index (Phi) is 7.24. The van der Waals surface area contributed by atoms with E-state index in [0.29, 0.717) is 16.5 Å². The molecule has 37 heavy (non-hydrogen) atoms. The minimum Gasteiger partial charge on any atom is -0.457 e. The van der Waals surface area contributed by atoms with Gasteiger partial charge in [0.1, 0.15) is 18.3 Å². The second kappa shape index (κ2) is 10.6. The monoisotopic (exact) mass is 534 g/mol. The van der Waals surface area contributed by atoms with Crippen LogP contribution in [0.4, 0.5) is 0 Å². The summed E-state index contributed by atoms with van der Waals surface area (Å²) < 4.78 is 27.8. The van der Waals surface area contributed by atoms with E-state index in [1.165, 1.54) is 0 Å². The van der Waals surface area contributed by atoms with Crippen molar-refractivity contribution in [3.8, 4) is 5.75 Å². The Morgan fingerprint density at radius 2 is 1.76 bits per heavy atom. The van der Waals surface area contributed by atoms with Gasteiger partial charge in [0.25, 0.3) is 5.09 Å². The lowest BCUT2D eigenvalue weighted by Crippen LogP contribution is -2.35. The molecule has 0 bridgehead atoms. The maximum atomic E-state index is 12.6. The summed E-state index contributed by atoms with van der Waals surface area (Å²) in [6, 6.07) is 7.27. The molecular formula is C24H23ClN2O10. The first-order valence-electron chi connectivity index (χ1n) is 11.6. The summed E-state index contributed by atoms with van der Waals surface area (Å²) in [7, 11) is 0. The lowest BCUT2D eigenvalue weighted by molar-refractivity contribution is -0.769. The van der Waals surface area contributed by atoms with E-state index in [-0.39, 0.29) is 38.8 Å². The SMILES string of the molecule is Cc1ncc2c(c1OC(=O)CCC(=O)O[C@H]1CO[C@H]3[C@@H]1OC[C@@H]3O[N+](=O)[O-])CO[C@H]2c1ccc(Cl)cc1. The van der Waals surface area contributed by atoms with Crippen LogP contribution in [0.3, 0.4) is 0 Å². The van der Waals surface area contributed by atoms with Crippen molar-refractivity contribution in [1.82, 2.24) is 4.98 Å². The Bertz CT molecular complexity index is 1210. The van der Waals surface area contributed by atoms with Gasteiger partial charge in [-0.3, -0.25) is 14.6 Å². The van der Waals surface area contributed by atoms with Crippen molar-refractivity contribution in [3.05, 3.63) is 68.0 Å². The van der Waals surface area contributed by atoms with Gasteiger partial charge in [-0.05, 0) is 24.6 Å². The molecular weight excluding hydrogens is 512 g/mol. The second-order valence-corrected chi connectivity index (χ2v) is 9.25. The fourth-order valence-electron chi connectivity index (χ4n) is 4.66. The van der Waals surface area contributed by atoms with Gasteiger partial charge >= 0.3 is 11.9 Å². The first-order chi connectivity index (χ1) is 17.8. The third-order valence-corrected chi connectivity index (χ3v) is 6.67. The van der Waals surface area contributed by atoms with Crippen LogP contribution in [0.15, 0.2) is 30.5 Å². The van der Waals surface area contributed by atoms with E-state index in [4.69, 9.17) is 35.3 Å². The molecule has 0 radical (unpaired) electrons. The molecule has 1 aromatic carbocycles. The van der Waals surface area contributed by atoms with Crippen molar-refractivity contribution < 1.29 is 43.2 Å². The van der Waals surface area contributed by atoms with Gasteiger partial charge in [0.15, 0.2) is 18.0 Å². The maximum absolute atomic E-state index is 12.6. The standard InChI is InChI=1S/C24H23ClN2O10/c1-12-21(16-9-32-22(15(16)8-26-12)13-2-4-14(25)5-3-13)36-20(29)7-6-19(28)35-17-10-33-24-18(37-27(30)31)11-34-23(17)24/h2-5,8,17-18,22-24H,6-7,9-11H2,1H3/t17-,18-,22-,23+,24+/m0/s1. The Morgan fingerprint density at radius 3 is 2.49 bits per heavy atom. The molecule has 0 unspecified atom stereocenters. The van der Waals surface area contributed by atoms with E-state index in [0.717, 1.165) is 16.7 Å². The number of rotatable bonds is 8. The molecule has 12 nitrogen and oxygen atoms in total. The number of hydrogen-bond acceptors (Lipinski definition) is 11. The lowest BCUT2D eigenvalue weighted by atomic mass is 10.0. The summed E-state index contributed by atoms with van der Waals surface area (Å²) in [5.74, 6) is -0.953. The number of benzene rings is 1. The topological polar surface area (TPSA) is 146 Å². The number of halogens is 1. The minimum absolute atomic E-state index is 0.0128. The average molecular weight is 535 g/mol. The molecule has 5 rings (SSSR count). The number of aromatic nitrogens is 1. The summed E-state index contributed by atoms with van der Waals surface area (Å²) >= 11 is 5.98. The number of ether oxygens (including phenoxy) is 5. The molecule has 2 aromatic rings. The molecule has 3 aliphatic rings. The van der Waals surface area contributed by atoms with Crippen molar-refractivity contribution in [2.24, 2.45) is 0 Å². The van der Waals surface area contributed by atoms with Crippen LogP contribution in [0.25, 0.3) is 0 Å². The number of carbonyl (C=O) groups is 2. The lowest BCUT2D eigenvalue weighted by Gasteiger charge is -2.16. The third-order valence-electron chi connectivity index (χ3n) is 6.41. The van der Waals surface area contributed by atoms with Crippen LogP contribution in [0.1, 0.15) is 41.3 Å². The van der Waals surface area contributed by atoms with E-state index >= 15 is 0 Å². The summed E-state index contributed by atoms with van der Waals surface area (Å²) in [6.45, 7) is 1.93. The van der Waals surface area contributed by atoms with Gasteiger partial charge in [0.2, 0.25) is 0 Å². The zero-order valence-electron chi connectivity index (χ0n) is 19.7. The zero-order chi connectivity index (χ0) is 26.1. The number of pyridine rings is 1. The van der Waals surface area contributed by atoms with Gasteiger partial charge in [0, 0.05) is 22.3 Å². The van der Waals surface area contributed by atoms with Gasteiger partial charge in [-0.15, -0.1) is 10.1 Å². The van der Waals surface area contributed by atoms with Crippen molar-refractivity contribution >= 4 is 23.5 Å². The molecule has 0 saturated carbocycles. The van der Waals surface area contributed by atoms with Crippen LogP contribution >= 0.6 is 11.6 Å². The highest BCUT2D eigenvalue weighted by Crippen LogP contribution is 2.41. The average Bonchev–Trinajstić information content (AvgIpc) is 3.57. The van der Waals surface area contributed by atoms with E-state index in [2.05, 4.69) is 9.82 Å². The number of aryl methyl sites for hydroxylation is 1. The number of nitrogens with zero attached hydrogens (tertiary/aromatic N) is 2. The first kappa shape index (κ1) is 25.3. The van der Waals surface area contributed by atoms with E-state index in [9.17, 15) is 19.7 Å². The third kappa shape index (κ3) is 5.37. The highest BCUT2D eigenvalue weighted by atomic mass is 35.5. The summed E-state index contributed by atoms with van der Waals surface area (Å²) in [5.41, 5.74) is 2.94. The van der Waals surface area contributed by atoms with Crippen molar-refractivity contribution in [2.75, 3.05) is 13.2 Å². The molecule has 0 spiro atoms. The fraction of sp³-hybridized carbons (Fsp3) is 0.458. The molecule has 13 heteroatoms. The highest BCUT2D eigenvalue weighted by molar-refractivity contribution is 6.30. The smallest absolute Gasteiger partial charge is 0.311 e. The van der Waals surface area contributed by atoms with Crippen LogP contribution < -0.4 is 4.74 Å². The molecule has 5 atom stereocenters. The molecule has 4 heterocycles. The van der Waals surface area contributed by atoms with Crippen molar-refractivity contribution in [1.29, 1.82) is 0 Å². The van der Waals surface area contributed by atoms with E-state index < -0.39 is 41.4 Å². The predicted molar refractivity (Wildman–Crippen MR) is 123 cm³/mol. The Hall–Kier alpha value is -3.32. The Balaban J connectivity index is 1.16. The maximum Gasteiger partial charge on any atom is 0.311 e. The Morgan fingerprint density at radius 1 is 1.08 bits per heavy atom. The van der Waals surface area contributed by atoms with Gasteiger partial charge < -0.3 is 28.5 Å². The Labute approximate surface area is 215 Å². The summed E-state index contributed by atoms with van der Waals surface area (Å²) in [4.78, 5) is 44.4. The normalized spacial score (nSPS) is 25.8. The van der Waals surface area contributed by atoms with Gasteiger partial charge in [-0.2, -0.15) is 0 Å². The number of hydrogen-bond donors (Lipinski definition) is 0. The summed E-state index contributed by atoms with van der Waals surface area (Å²) in [6.07, 6.45) is -2.12. The van der Waals surface area contributed by atoms with Crippen LogP contribution in [0.5, 0.6) is 5.75 Å². The zero-order valence-corrected chi connectivity index (χ0v) is 20.4. The fourth-order valence-corrected chi connectivity index (χ4v) is 4.79. The van der Waals surface area contributed by atoms with Gasteiger partial charge in [0.05, 0.1) is 38.4 Å². The van der Waals surface area contributed by atoms with Crippen LogP contribution in [-0.4, -0.2) is 59.6 Å². The molecule has 196 valence electrons. The van der Waals surface area contributed by atoms with Crippen LogP contribution in [0, 0.1) is 17.0 Å². The number of fused-ring (bicyclic) bond motifs is 2. The summed E-state index contributed by atoms with van der Waals surface area (Å²) in [5, 5.41) is 10.3. The predicted octanol–water partition coefficient (Wildman–Crippen LogP) is 2.63. The number of esters is 2. The van der Waals surface area contributed by atoms with E-state index in [1.54, 1.807) is 25.3 Å². The molecule has 2 saturated heterocycles. The van der Waals surface area contributed by atoms with Crippen molar-refractivity contribution in [3.63, 3.8) is 0 Å². The largest absolute Gasteiger partial charge is 0.457 e. The molecule has 0 aliphatic carbocycles. The molecule has 1 aromatic heterocycles. The molecule has 3 aliphatic heterocycles. The van der Waals surface area contributed by atoms with Gasteiger partial charge in [-0.1, -0.05) is 23.7 Å². The second-order valence-electron chi connectivity index (χ2n) is 8.81. The number of carbonyl (C=O) groups excluding carboxylic acids is 2. The first-order valence-corrected chi connectivity index (χ1v) is 12.0. The molecule has 0 amide bonds.